The van der Waals surface area contributed by atoms with Gasteiger partial charge in [0.05, 0.1) is 0 Å². The highest BCUT2D eigenvalue weighted by molar-refractivity contribution is 9.10. The lowest BCUT2D eigenvalue weighted by Crippen LogP contribution is -2.24. The molecule has 7 heteroatoms. The summed E-state index contributed by atoms with van der Waals surface area (Å²) < 4.78 is 40.6. The van der Waals surface area contributed by atoms with Crippen molar-refractivity contribution in [1.29, 1.82) is 0 Å². The molecule has 0 atom stereocenters. The van der Waals surface area contributed by atoms with E-state index in [-0.39, 0.29) is 11.4 Å². The summed E-state index contributed by atoms with van der Waals surface area (Å²) in [6.07, 6.45) is 0. The minimum absolute atomic E-state index is 0.168. The Kier molecular flexibility index (Phi) is 4.39. The van der Waals surface area contributed by atoms with E-state index in [0.29, 0.717) is 4.47 Å². The van der Waals surface area contributed by atoms with Crippen molar-refractivity contribution in [3.05, 3.63) is 50.4 Å². The third-order valence-electron chi connectivity index (χ3n) is 2.57. The fourth-order valence-electron chi connectivity index (χ4n) is 1.52. The van der Waals surface area contributed by atoms with Gasteiger partial charge >= 0.3 is 0 Å². The molecule has 1 heterocycles. The molecule has 1 N–H and O–H groups in total. The number of rotatable bonds is 4. The predicted molar refractivity (Wildman–Crippen MR) is 77.2 cm³/mol. The summed E-state index contributed by atoms with van der Waals surface area (Å²) in [5, 5.41) is 1.89. The highest BCUT2D eigenvalue weighted by Crippen LogP contribution is 2.20. The van der Waals surface area contributed by atoms with Crippen LogP contribution in [0.4, 0.5) is 4.39 Å². The van der Waals surface area contributed by atoms with Crippen molar-refractivity contribution in [1.82, 2.24) is 4.72 Å². The van der Waals surface area contributed by atoms with Crippen LogP contribution in [0.1, 0.15) is 10.4 Å². The van der Waals surface area contributed by atoms with Gasteiger partial charge in [-0.1, -0.05) is 15.9 Å². The summed E-state index contributed by atoms with van der Waals surface area (Å²) in [5.41, 5.74) is 1.02. The molecule has 1 aromatic carbocycles. The number of benzene rings is 1. The topological polar surface area (TPSA) is 46.2 Å². The lowest BCUT2D eigenvalue weighted by atomic mass is 10.3. The molecule has 1 aromatic heterocycles. The third kappa shape index (κ3) is 3.42. The molecule has 0 radical (unpaired) electrons. The molecule has 0 aliphatic carbocycles. The Morgan fingerprint density at radius 1 is 1.37 bits per heavy atom. The number of aryl methyl sites for hydroxylation is 1. The molecule has 2 rings (SSSR count). The highest BCUT2D eigenvalue weighted by atomic mass is 79.9. The smallest absolute Gasteiger partial charge is 0.207 e. The van der Waals surface area contributed by atoms with Gasteiger partial charge in [-0.05, 0) is 42.1 Å². The van der Waals surface area contributed by atoms with Crippen molar-refractivity contribution in [2.45, 2.75) is 18.4 Å². The fraction of sp³-hybridized carbons (Fsp3) is 0.167. The van der Waals surface area contributed by atoms with E-state index in [1.54, 1.807) is 0 Å². The molecule has 0 unspecified atom stereocenters. The van der Waals surface area contributed by atoms with Gasteiger partial charge in [0, 0.05) is 15.9 Å². The zero-order valence-corrected chi connectivity index (χ0v) is 13.2. The molecule has 0 saturated heterocycles. The van der Waals surface area contributed by atoms with E-state index in [1.165, 1.54) is 23.5 Å². The number of hydrogen-bond donors (Lipinski definition) is 1. The van der Waals surface area contributed by atoms with Crippen LogP contribution in [0.25, 0.3) is 0 Å². The van der Waals surface area contributed by atoms with Crippen LogP contribution in [0.3, 0.4) is 0 Å². The zero-order chi connectivity index (χ0) is 14.0. The maximum Gasteiger partial charge on any atom is 0.243 e. The van der Waals surface area contributed by atoms with Crippen LogP contribution in [-0.4, -0.2) is 8.42 Å². The second-order valence-electron chi connectivity index (χ2n) is 3.93. The largest absolute Gasteiger partial charge is 0.243 e. The Labute approximate surface area is 123 Å². The SMILES string of the molecule is Cc1ccsc1CNS(=O)(=O)c1ccc(Br)cc1F. The van der Waals surface area contributed by atoms with Crippen molar-refractivity contribution in [2.24, 2.45) is 0 Å². The second-order valence-corrected chi connectivity index (χ2v) is 7.58. The maximum atomic E-state index is 13.6. The molecule has 0 amide bonds. The van der Waals surface area contributed by atoms with Gasteiger partial charge in [0.15, 0.2) is 0 Å². The van der Waals surface area contributed by atoms with Gasteiger partial charge in [-0.25, -0.2) is 17.5 Å². The minimum atomic E-state index is -3.84. The van der Waals surface area contributed by atoms with Gasteiger partial charge in [0.25, 0.3) is 0 Å². The molecule has 0 aliphatic heterocycles. The van der Waals surface area contributed by atoms with Gasteiger partial charge in [0.1, 0.15) is 10.7 Å². The van der Waals surface area contributed by atoms with Crippen LogP contribution in [0.5, 0.6) is 0 Å². The lowest BCUT2D eigenvalue weighted by molar-refractivity contribution is 0.556. The Bertz CT molecular complexity index is 698. The summed E-state index contributed by atoms with van der Waals surface area (Å²) in [6.45, 7) is 2.07. The minimum Gasteiger partial charge on any atom is -0.207 e. The molecule has 19 heavy (non-hydrogen) atoms. The molecule has 3 nitrogen and oxygen atoms in total. The molecule has 0 aliphatic rings. The molecular formula is C12H11BrFNO2S2. The molecular weight excluding hydrogens is 353 g/mol. The van der Waals surface area contributed by atoms with Crippen molar-refractivity contribution in [3.63, 3.8) is 0 Å². The standard InChI is InChI=1S/C12H11BrFNO2S2/c1-8-4-5-18-11(8)7-15-19(16,17)12-3-2-9(13)6-10(12)14/h2-6,15H,7H2,1H3. The van der Waals surface area contributed by atoms with E-state index in [4.69, 9.17) is 0 Å². The van der Waals surface area contributed by atoms with E-state index < -0.39 is 15.8 Å². The Morgan fingerprint density at radius 2 is 2.11 bits per heavy atom. The van der Waals surface area contributed by atoms with E-state index in [1.807, 2.05) is 18.4 Å². The van der Waals surface area contributed by atoms with Gasteiger partial charge in [-0.2, -0.15) is 0 Å². The molecule has 102 valence electrons. The molecule has 0 spiro atoms. The van der Waals surface area contributed by atoms with E-state index in [0.717, 1.165) is 16.5 Å². The number of hydrogen-bond acceptors (Lipinski definition) is 3. The number of halogens is 2. The molecule has 0 saturated carbocycles. The van der Waals surface area contributed by atoms with Gasteiger partial charge in [-0.15, -0.1) is 11.3 Å². The molecule has 0 bridgehead atoms. The Morgan fingerprint density at radius 3 is 2.68 bits per heavy atom. The average Bonchev–Trinajstić information content (AvgIpc) is 2.72. The molecule has 0 fully saturated rings. The van der Waals surface area contributed by atoms with Gasteiger partial charge in [-0.3, -0.25) is 0 Å². The van der Waals surface area contributed by atoms with Crippen LogP contribution in [0.2, 0.25) is 0 Å². The predicted octanol–water partition coefficient (Wildman–Crippen LogP) is 3.44. The van der Waals surface area contributed by atoms with Gasteiger partial charge < -0.3 is 0 Å². The fourth-order valence-corrected chi connectivity index (χ4v) is 3.84. The summed E-state index contributed by atoms with van der Waals surface area (Å²) in [4.78, 5) is 0.575. The number of thiophene rings is 1. The maximum absolute atomic E-state index is 13.6. The molecule has 2 aromatic rings. The summed E-state index contributed by atoms with van der Waals surface area (Å²) in [6, 6.07) is 5.77. The number of sulfonamides is 1. The van der Waals surface area contributed by atoms with Crippen molar-refractivity contribution in [3.8, 4) is 0 Å². The average molecular weight is 364 g/mol. The Balaban J connectivity index is 2.21. The van der Waals surface area contributed by atoms with Crippen molar-refractivity contribution in [2.75, 3.05) is 0 Å². The Hall–Kier alpha value is -0.760. The van der Waals surface area contributed by atoms with Crippen LogP contribution in [0, 0.1) is 12.7 Å². The van der Waals surface area contributed by atoms with Crippen LogP contribution in [0.15, 0.2) is 39.0 Å². The summed E-state index contributed by atoms with van der Waals surface area (Å²) in [7, 11) is -3.84. The first-order valence-corrected chi connectivity index (χ1v) is 8.53. The van der Waals surface area contributed by atoms with E-state index >= 15 is 0 Å². The second kappa shape index (κ2) is 5.70. The highest BCUT2D eigenvalue weighted by Gasteiger charge is 2.19. The van der Waals surface area contributed by atoms with Crippen LogP contribution < -0.4 is 4.72 Å². The normalized spacial score (nSPS) is 11.7. The number of nitrogens with one attached hydrogen (secondary N) is 1. The van der Waals surface area contributed by atoms with E-state index in [2.05, 4.69) is 20.7 Å². The quantitative estimate of drug-likeness (QED) is 0.904. The summed E-state index contributed by atoms with van der Waals surface area (Å²) >= 11 is 4.55. The van der Waals surface area contributed by atoms with Crippen LogP contribution >= 0.6 is 27.3 Å². The zero-order valence-electron chi connectivity index (χ0n) is 9.98. The van der Waals surface area contributed by atoms with Crippen LogP contribution in [-0.2, 0) is 16.6 Å². The van der Waals surface area contributed by atoms with E-state index in [9.17, 15) is 12.8 Å². The first-order chi connectivity index (χ1) is 8.90. The van der Waals surface area contributed by atoms with Crippen molar-refractivity contribution < 1.29 is 12.8 Å². The summed E-state index contributed by atoms with van der Waals surface area (Å²) in [5.74, 6) is -0.773. The third-order valence-corrected chi connectivity index (χ3v) is 5.53. The van der Waals surface area contributed by atoms with Crippen molar-refractivity contribution >= 4 is 37.3 Å². The first kappa shape index (κ1) is 14.6. The van der Waals surface area contributed by atoms with Gasteiger partial charge in [0.2, 0.25) is 10.0 Å². The first-order valence-electron chi connectivity index (χ1n) is 5.38. The monoisotopic (exact) mass is 363 g/mol. The lowest BCUT2D eigenvalue weighted by Gasteiger charge is -2.07.